The maximum absolute atomic E-state index is 12.5. The molecule has 154 valence electrons. The molecule has 29 heavy (non-hydrogen) atoms. The van der Waals surface area contributed by atoms with Crippen LogP contribution in [0.4, 0.5) is 9.93 Å². The highest BCUT2D eigenvalue weighted by Gasteiger charge is 2.37. The average molecular weight is 418 g/mol. The Hall–Kier alpha value is -3.14. The quantitative estimate of drug-likeness (QED) is 0.603. The lowest BCUT2D eigenvalue weighted by atomic mass is 10.1. The minimum absolute atomic E-state index is 0.111. The number of carbonyl (C=O) groups excluding carboxylic acids is 3. The van der Waals surface area contributed by atoms with Gasteiger partial charge in [-0.15, -0.1) is 11.3 Å². The number of urea groups is 1. The summed E-state index contributed by atoms with van der Waals surface area (Å²) in [5, 5.41) is 7.57. The highest BCUT2D eigenvalue weighted by atomic mass is 32.1. The first kappa shape index (κ1) is 20.6. The fourth-order valence-electron chi connectivity index (χ4n) is 3.00. The summed E-state index contributed by atoms with van der Waals surface area (Å²) < 4.78 is 10.5. The van der Waals surface area contributed by atoms with Crippen LogP contribution in [0.2, 0.25) is 0 Å². The maximum atomic E-state index is 12.5. The van der Waals surface area contributed by atoms with Crippen molar-refractivity contribution in [2.45, 2.75) is 25.3 Å². The van der Waals surface area contributed by atoms with Crippen molar-refractivity contribution >= 4 is 34.3 Å². The zero-order valence-electron chi connectivity index (χ0n) is 16.1. The smallest absolute Gasteiger partial charge is 0.324 e. The molecule has 0 spiro atoms. The predicted molar refractivity (Wildman–Crippen MR) is 107 cm³/mol. The van der Waals surface area contributed by atoms with E-state index in [1.54, 1.807) is 31.9 Å². The first-order valence-corrected chi connectivity index (χ1v) is 9.92. The van der Waals surface area contributed by atoms with Gasteiger partial charge in [-0.3, -0.25) is 14.5 Å². The summed E-state index contributed by atoms with van der Waals surface area (Å²) in [7, 11) is 3.11. The van der Waals surface area contributed by atoms with Crippen LogP contribution in [-0.4, -0.2) is 54.5 Å². The Morgan fingerprint density at radius 1 is 1.28 bits per heavy atom. The minimum atomic E-state index is -0.699. The zero-order chi connectivity index (χ0) is 20.8. The van der Waals surface area contributed by atoms with Crippen LogP contribution in [-0.2, 0) is 16.0 Å². The number of benzene rings is 1. The van der Waals surface area contributed by atoms with E-state index in [2.05, 4.69) is 15.6 Å². The molecular formula is C19H22N4O5S. The van der Waals surface area contributed by atoms with Crippen molar-refractivity contribution in [2.75, 3.05) is 26.1 Å². The Morgan fingerprint density at radius 3 is 2.76 bits per heavy atom. The molecule has 1 aliphatic rings. The molecule has 0 unspecified atom stereocenters. The van der Waals surface area contributed by atoms with Gasteiger partial charge in [0.05, 0.1) is 14.2 Å². The fourth-order valence-corrected chi connectivity index (χ4v) is 3.55. The van der Waals surface area contributed by atoms with Gasteiger partial charge < -0.3 is 20.1 Å². The third-order valence-corrected chi connectivity index (χ3v) is 5.21. The Balaban J connectivity index is 1.51. The van der Waals surface area contributed by atoms with Gasteiger partial charge in [0.15, 0.2) is 16.6 Å². The monoisotopic (exact) mass is 418 g/mol. The number of amides is 4. The van der Waals surface area contributed by atoms with Gasteiger partial charge in [0.25, 0.3) is 5.91 Å². The van der Waals surface area contributed by atoms with E-state index in [0.717, 1.165) is 5.56 Å². The molecule has 10 heteroatoms. The summed E-state index contributed by atoms with van der Waals surface area (Å²) in [5.41, 5.74) is 0.912. The molecule has 2 heterocycles. The summed E-state index contributed by atoms with van der Waals surface area (Å²) in [6, 6.07) is 4.32. The van der Waals surface area contributed by atoms with Crippen LogP contribution in [0.5, 0.6) is 11.5 Å². The number of aromatic nitrogens is 1. The molecule has 1 saturated heterocycles. The standard InChI is InChI=1S/C19H22N4O5S/c1-27-14-5-3-12(11-15(14)28-2)7-9-23-17(25)13(21-19(23)26)4-6-16(24)22-18-20-8-10-29-18/h3,5,8,10-11,13H,4,6-7,9H2,1-2H3,(H,21,26)(H,20,22,24)/t13-/m1/s1. The van der Waals surface area contributed by atoms with Gasteiger partial charge in [0.1, 0.15) is 6.04 Å². The molecule has 3 rings (SSSR count). The second kappa shape index (κ2) is 9.37. The van der Waals surface area contributed by atoms with Crippen LogP contribution in [0, 0.1) is 0 Å². The highest BCUT2D eigenvalue weighted by molar-refractivity contribution is 7.13. The second-order valence-corrected chi connectivity index (χ2v) is 7.25. The average Bonchev–Trinajstić information content (AvgIpc) is 3.32. The van der Waals surface area contributed by atoms with Gasteiger partial charge in [0, 0.05) is 24.5 Å². The number of ether oxygens (including phenoxy) is 2. The third kappa shape index (κ3) is 5.02. The first-order chi connectivity index (χ1) is 14.0. The molecule has 1 aromatic heterocycles. The minimum Gasteiger partial charge on any atom is -0.493 e. The van der Waals surface area contributed by atoms with Gasteiger partial charge in [-0.25, -0.2) is 9.78 Å². The molecule has 2 aromatic rings. The molecule has 1 atom stereocenters. The van der Waals surface area contributed by atoms with Crippen LogP contribution in [0.25, 0.3) is 0 Å². The molecule has 9 nitrogen and oxygen atoms in total. The lowest BCUT2D eigenvalue weighted by Crippen LogP contribution is -2.33. The van der Waals surface area contributed by atoms with Crippen molar-refractivity contribution in [2.24, 2.45) is 0 Å². The van der Waals surface area contributed by atoms with E-state index < -0.39 is 12.1 Å². The second-order valence-electron chi connectivity index (χ2n) is 6.36. The molecule has 2 N–H and O–H groups in total. The number of thiazole rings is 1. The van der Waals surface area contributed by atoms with Crippen LogP contribution < -0.4 is 20.1 Å². The van der Waals surface area contributed by atoms with E-state index in [-0.39, 0.29) is 31.2 Å². The molecule has 0 saturated carbocycles. The van der Waals surface area contributed by atoms with Crippen LogP contribution in [0.3, 0.4) is 0 Å². The van der Waals surface area contributed by atoms with Gasteiger partial charge >= 0.3 is 6.03 Å². The normalized spacial score (nSPS) is 15.9. The van der Waals surface area contributed by atoms with Crippen molar-refractivity contribution in [3.63, 3.8) is 0 Å². The van der Waals surface area contributed by atoms with E-state index in [0.29, 0.717) is 23.1 Å². The van der Waals surface area contributed by atoms with Crippen LogP contribution >= 0.6 is 11.3 Å². The van der Waals surface area contributed by atoms with Gasteiger partial charge in [-0.1, -0.05) is 6.07 Å². The number of hydrogen-bond donors (Lipinski definition) is 2. The van der Waals surface area contributed by atoms with Crippen molar-refractivity contribution in [1.29, 1.82) is 0 Å². The number of methoxy groups -OCH3 is 2. The first-order valence-electron chi connectivity index (χ1n) is 9.04. The number of hydrogen-bond acceptors (Lipinski definition) is 7. The van der Waals surface area contributed by atoms with Crippen LogP contribution in [0.15, 0.2) is 29.8 Å². The molecule has 0 radical (unpaired) electrons. The zero-order valence-corrected chi connectivity index (χ0v) is 17.0. The molecule has 0 aliphatic carbocycles. The summed E-state index contributed by atoms with van der Waals surface area (Å²) >= 11 is 1.32. The fraction of sp³-hybridized carbons (Fsp3) is 0.368. The molecule has 1 fully saturated rings. The number of carbonyl (C=O) groups is 3. The van der Waals surface area contributed by atoms with E-state index >= 15 is 0 Å². The van der Waals surface area contributed by atoms with Crippen molar-refractivity contribution < 1.29 is 23.9 Å². The lowest BCUT2D eigenvalue weighted by molar-refractivity contribution is -0.127. The molecule has 0 bridgehead atoms. The summed E-state index contributed by atoms with van der Waals surface area (Å²) in [6.45, 7) is 0.238. The SMILES string of the molecule is COc1ccc(CCN2C(=O)N[C@H](CCC(=O)Nc3nccs3)C2=O)cc1OC. The highest BCUT2D eigenvalue weighted by Crippen LogP contribution is 2.28. The van der Waals surface area contributed by atoms with Crippen molar-refractivity contribution in [3.8, 4) is 11.5 Å². The molecule has 1 aromatic carbocycles. The van der Waals surface area contributed by atoms with E-state index in [1.165, 1.54) is 16.2 Å². The Kier molecular flexibility index (Phi) is 6.65. The van der Waals surface area contributed by atoms with Gasteiger partial charge in [0.2, 0.25) is 5.91 Å². The topological polar surface area (TPSA) is 110 Å². The van der Waals surface area contributed by atoms with E-state index in [1.807, 2.05) is 12.1 Å². The number of anilines is 1. The molecular weight excluding hydrogens is 396 g/mol. The third-order valence-electron chi connectivity index (χ3n) is 4.52. The Labute approximate surface area is 172 Å². The molecule has 1 aliphatic heterocycles. The predicted octanol–water partition coefficient (Wildman–Crippen LogP) is 2.04. The lowest BCUT2D eigenvalue weighted by Gasteiger charge is -2.14. The summed E-state index contributed by atoms with van der Waals surface area (Å²) in [6.07, 6.45) is 2.42. The summed E-state index contributed by atoms with van der Waals surface area (Å²) in [4.78, 5) is 41.8. The Bertz CT molecular complexity index is 887. The number of nitrogens with one attached hydrogen (secondary N) is 2. The van der Waals surface area contributed by atoms with Gasteiger partial charge in [-0.05, 0) is 30.5 Å². The van der Waals surface area contributed by atoms with Gasteiger partial charge in [-0.2, -0.15) is 0 Å². The molecule has 4 amide bonds. The number of imide groups is 1. The summed E-state index contributed by atoms with van der Waals surface area (Å²) in [5.74, 6) is 0.636. The van der Waals surface area contributed by atoms with E-state index in [9.17, 15) is 14.4 Å². The number of nitrogens with zero attached hydrogens (tertiary/aromatic N) is 2. The Morgan fingerprint density at radius 2 is 2.07 bits per heavy atom. The van der Waals surface area contributed by atoms with Crippen LogP contribution in [0.1, 0.15) is 18.4 Å². The largest absolute Gasteiger partial charge is 0.493 e. The van der Waals surface area contributed by atoms with Crippen molar-refractivity contribution in [1.82, 2.24) is 15.2 Å². The number of rotatable bonds is 9. The van der Waals surface area contributed by atoms with Crippen molar-refractivity contribution in [3.05, 3.63) is 35.3 Å². The van der Waals surface area contributed by atoms with E-state index in [4.69, 9.17) is 9.47 Å². The maximum Gasteiger partial charge on any atom is 0.324 e.